The van der Waals surface area contributed by atoms with E-state index in [0.29, 0.717) is 11.0 Å². The Kier molecular flexibility index (Phi) is 3.28. The highest BCUT2D eigenvalue weighted by Gasteiger charge is 2.24. The minimum Gasteiger partial charge on any atom is -0.395 e. The van der Waals surface area contributed by atoms with Gasteiger partial charge in [-0.15, -0.1) is 0 Å². The van der Waals surface area contributed by atoms with Crippen molar-refractivity contribution in [3.8, 4) is 0 Å². The first-order valence-electron chi connectivity index (χ1n) is 4.16. The fourth-order valence-corrected chi connectivity index (χ4v) is 1.20. The number of nitrogen functional groups attached to an aromatic ring is 1. The van der Waals surface area contributed by atoms with Gasteiger partial charge >= 0.3 is 0 Å². The fraction of sp³-hybridized carbons (Fsp3) is 0.625. The van der Waals surface area contributed by atoms with Crippen molar-refractivity contribution in [2.45, 2.75) is 24.4 Å². The molecule has 0 aliphatic heterocycles. The molecule has 1 aromatic rings. The lowest BCUT2D eigenvalue weighted by Crippen LogP contribution is -2.26. The molecular formula is C8H14N4OS. The fourth-order valence-electron chi connectivity index (χ4n) is 0.837. The number of hydrogen-bond acceptors (Lipinski definition) is 6. The van der Waals surface area contributed by atoms with Crippen LogP contribution in [0, 0.1) is 0 Å². The molecule has 0 amide bonds. The number of nitrogens with two attached hydrogens (primary N) is 1. The summed E-state index contributed by atoms with van der Waals surface area (Å²) in [6, 6.07) is 0. The van der Waals surface area contributed by atoms with Crippen molar-refractivity contribution < 1.29 is 5.11 Å². The van der Waals surface area contributed by atoms with Gasteiger partial charge in [0.15, 0.2) is 5.16 Å². The molecule has 1 heterocycles. The number of aliphatic hydroxyl groups is 1. The van der Waals surface area contributed by atoms with Crippen LogP contribution >= 0.6 is 11.8 Å². The molecule has 0 saturated carbocycles. The highest BCUT2D eigenvalue weighted by atomic mass is 32.2. The molecular weight excluding hydrogens is 200 g/mol. The molecule has 0 saturated heterocycles. The van der Waals surface area contributed by atoms with Gasteiger partial charge in [-0.1, -0.05) is 25.6 Å². The highest BCUT2D eigenvalue weighted by molar-refractivity contribution is 7.98. The molecule has 0 unspecified atom stereocenters. The van der Waals surface area contributed by atoms with Crippen molar-refractivity contribution >= 4 is 17.7 Å². The van der Waals surface area contributed by atoms with E-state index in [1.807, 2.05) is 20.1 Å². The zero-order valence-electron chi connectivity index (χ0n) is 8.48. The molecule has 0 aliphatic carbocycles. The lowest BCUT2D eigenvalue weighted by atomic mass is 9.94. The van der Waals surface area contributed by atoms with Gasteiger partial charge in [-0.2, -0.15) is 9.97 Å². The SMILES string of the molecule is CSc1nc(N)nc(C(C)(C)CO)n1. The molecule has 0 bridgehead atoms. The summed E-state index contributed by atoms with van der Waals surface area (Å²) in [5, 5.41) is 9.73. The number of anilines is 1. The summed E-state index contributed by atoms with van der Waals surface area (Å²) < 4.78 is 0. The third-order valence-electron chi connectivity index (χ3n) is 1.82. The van der Waals surface area contributed by atoms with Crippen LogP contribution in [-0.2, 0) is 5.41 Å². The van der Waals surface area contributed by atoms with Gasteiger partial charge in [-0.3, -0.25) is 0 Å². The van der Waals surface area contributed by atoms with Crippen LogP contribution in [0.4, 0.5) is 5.95 Å². The molecule has 0 aromatic carbocycles. The Hall–Kier alpha value is -0.880. The third-order valence-corrected chi connectivity index (χ3v) is 2.36. The Morgan fingerprint density at radius 3 is 2.50 bits per heavy atom. The summed E-state index contributed by atoms with van der Waals surface area (Å²) in [7, 11) is 0. The van der Waals surface area contributed by atoms with E-state index < -0.39 is 5.41 Å². The molecule has 1 rings (SSSR count). The van der Waals surface area contributed by atoms with Gasteiger partial charge < -0.3 is 10.8 Å². The van der Waals surface area contributed by atoms with Crippen LogP contribution in [0.5, 0.6) is 0 Å². The first kappa shape index (κ1) is 11.2. The lowest BCUT2D eigenvalue weighted by Gasteiger charge is -2.19. The smallest absolute Gasteiger partial charge is 0.224 e. The largest absolute Gasteiger partial charge is 0.395 e. The van der Waals surface area contributed by atoms with E-state index in [2.05, 4.69) is 15.0 Å². The van der Waals surface area contributed by atoms with E-state index in [0.717, 1.165) is 0 Å². The number of rotatable bonds is 3. The lowest BCUT2D eigenvalue weighted by molar-refractivity contribution is 0.211. The predicted molar refractivity (Wildman–Crippen MR) is 56.1 cm³/mol. The van der Waals surface area contributed by atoms with Crippen LogP contribution in [-0.4, -0.2) is 32.9 Å². The summed E-state index contributed by atoms with van der Waals surface area (Å²) in [6.07, 6.45) is 1.87. The number of aromatic nitrogens is 3. The van der Waals surface area contributed by atoms with E-state index >= 15 is 0 Å². The van der Waals surface area contributed by atoms with Gasteiger partial charge in [0.2, 0.25) is 5.95 Å². The van der Waals surface area contributed by atoms with E-state index in [1.54, 1.807) is 0 Å². The second-order valence-electron chi connectivity index (χ2n) is 3.55. The van der Waals surface area contributed by atoms with Gasteiger partial charge in [-0.05, 0) is 6.26 Å². The zero-order chi connectivity index (χ0) is 10.8. The Labute approximate surface area is 87.2 Å². The molecule has 1 aromatic heterocycles. The summed E-state index contributed by atoms with van der Waals surface area (Å²) in [6.45, 7) is 3.68. The highest BCUT2D eigenvalue weighted by Crippen LogP contribution is 2.20. The van der Waals surface area contributed by atoms with Crippen molar-refractivity contribution in [1.29, 1.82) is 0 Å². The summed E-state index contributed by atoms with van der Waals surface area (Å²) in [4.78, 5) is 12.1. The van der Waals surface area contributed by atoms with Crippen molar-refractivity contribution in [3.05, 3.63) is 5.82 Å². The van der Waals surface area contributed by atoms with Crippen LogP contribution in [0.3, 0.4) is 0 Å². The Morgan fingerprint density at radius 1 is 1.36 bits per heavy atom. The molecule has 78 valence electrons. The van der Waals surface area contributed by atoms with Crippen molar-refractivity contribution in [2.24, 2.45) is 0 Å². The quantitative estimate of drug-likeness (QED) is 0.710. The maximum absolute atomic E-state index is 9.15. The number of nitrogens with zero attached hydrogens (tertiary/aromatic N) is 3. The third kappa shape index (κ3) is 2.33. The van der Waals surface area contributed by atoms with Crippen LogP contribution in [0.1, 0.15) is 19.7 Å². The maximum atomic E-state index is 9.15. The molecule has 14 heavy (non-hydrogen) atoms. The minimum atomic E-state index is -0.485. The van der Waals surface area contributed by atoms with E-state index in [4.69, 9.17) is 10.8 Å². The summed E-state index contributed by atoms with van der Waals surface area (Å²) in [5.41, 5.74) is 5.04. The number of aliphatic hydroxyl groups excluding tert-OH is 1. The Balaban J connectivity index is 3.15. The van der Waals surface area contributed by atoms with E-state index in [9.17, 15) is 0 Å². The minimum absolute atomic E-state index is 0.0235. The van der Waals surface area contributed by atoms with E-state index in [-0.39, 0.29) is 12.6 Å². The molecule has 0 atom stereocenters. The van der Waals surface area contributed by atoms with Crippen LogP contribution in [0.2, 0.25) is 0 Å². The summed E-state index contributed by atoms with van der Waals surface area (Å²) >= 11 is 1.40. The van der Waals surface area contributed by atoms with Crippen molar-refractivity contribution in [3.63, 3.8) is 0 Å². The topological polar surface area (TPSA) is 84.9 Å². The molecule has 5 nitrogen and oxygen atoms in total. The molecule has 0 radical (unpaired) electrons. The Morgan fingerprint density at radius 2 is 2.00 bits per heavy atom. The summed E-state index contributed by atoms with van der Waals surface area (Å²) in [5.74, 6) is 0.720. The van der Waals surface area contributed by atoms with Gasteiger partial charge in [0.25, 0.3) is 0 Å². The average Bonchev–Trinajstić information content (AvgIpc) is 2.16. The molecule has 0 aliphatic rings. The normalized spacial score (nSPS) is 11.7. The van der Waals surface area contributed by atoms with Crippen LogP contribution in [0.25, 0.3) is 0 Å². The van der Waals surface area contributed by atoms with E-state index in [1.165, 1.54) is 11.8 Å². The average molecular weight is 214 g/mol. The van der Waals surface area contributed by atoms with Crippen molar-refractivity contribution in [1.82, 2.24) is 15.0 Å². The van der Waals surface area contributed by atoms with Gasteiger partial charge in [0.05, 0.1) is 6.61 Å². The number of thioether (sulfide) groups is 1. The second kappa shape index (κ2) is 4.10. The molecule has 6 heteroatoms. The standard InChI is InChI=1S/C8H14N4OS/c1-8(2,4-13)5-10-6(9)12-7(11-5)14-3/h13H,4H2,1-3H3,(H2,9,10,11,12). The second-order valence-corrected chi connectivity index (χ2v) is 4.32. The van der Waals surface area contributed by atoms with Gasteiger partial charge in [-0.25, -0.2) is 4.98 Å². The molecule has 3 N–H and O–H groups in total. The monoisotopic (exact) mass is 214 g/mol. The molecule has 0 spiro atoms. The zero-order valence-corrected chi connectivity index (χ0v) is 9.30. The predicted octanol–water partition coefficient (Wildman–Crippen LogP) is 0.446. The first-order chi connectivity index (χ1) is 6.49. The van der Waals surface area contributed by atoms with Crippen LogP contribution < -0.4 is 5.73 Å². The number of hydrogen-bond donors (Lipinski definition) is 2. The van der Waals surface area contributed by atoms with Gasteiger partial charge in [0, 0.05) is 5.41 Å². The van der Waals surface area contributed by atoms with Crippen LogP contribution in [0.15, 0.2) is 5.16 Å². The molecule has 0 fully saturated rings. The Bertz CT molecular complexity index is 329. The maximum Gasteiger partial charge on any atom is 0.224 e. The van der Waals surface area contributed by atoms with Gasteiger partial charge in [0.1, 0.15) is 5.82 Å². The van der Waals surface area contributed by atoms with Crippen molar-refractivity contribution in [2.75, 3.05) is 18.6 Å². The first-order valence-corrected chi connectivity index (χ1v) is 5.39.